The smallest absolute Gasteiger partial charge is 0.223 e. The van der Waals surface area contributed by atoms with E-state index in [0.717, 1.165) is 35.9 Å². The third-order valence-electron chi connectivity index (χ3n) is 4.40. The highest BCUT2D eigenvalue weighted by molar-refractivity contribution is 5.87. The lowest BCUT2D eigenvalue weighted by atomic mass is 10.1. The van der Waals surface area contributed by atoms with E-state index in [1.807, 2.05) is 48.0 Å². The van der Waals surface area contributed by atoms with Crippen LogP contribution >= 0.6 is 0 Å². The Morgan fingerprint density at radius 1 is 1.33 bits per heavy atom. The highest BCUT2D eigenvalue weighted by Crippen LogP contribution is 2.43. The first-order valence-electron chi connectivity index (χ1n) is 7.94. The van der Waals surface area contributed by atoms with E-state index in [1.165, 1.54) is 0 Å². The Hall–Kier alpha value is -2.89. The molecule has 4 rings (SSSR count). The minimum absolute atomic E-state index is 0.237. The quantitative estimate of drug-likeness (QED) is 0.706. The van der Waals surface area contributed by atoms with E-state index in [0.29, 0.717) is 18.2 Å². The van der Waals surface area contributed by atoms with Gasteiger partial charge in [0, 0.05) is 25.1 Å². The molecule has 1 aliphatic carbocycles. The van der Waals surface area contributed by atoms with Crippen molar-refractivity contribution in [2.24, 2.45) is 12.5 Å². The number of carbonyl (C=O) groups is 1. The Kier molecular flexibility index (Phi) is 3.45. The number of imidazole rings is 1. The molecule has 0 spiro atoms. The van der Waals surface area contributed by atoms with Gasteiger partial charge in [0.1, 0.15) is 17.6 Å². The van der Waals surface area contributed by atoms with Gasteiger partial charge in [-0.2, -0.15) is 4.98 Å². The maximum absolute atomic E-state index is 11.2. The Morgan fingerprint density at radius 3 is 2.83 bits per heavy atom. The van der Waals surface area contributed by atoms with Gasteiger partial charge in [0.25, 0.3) is 0 Å². The second-order valence-electron chi connectivity index (χ2n) is 6.28. The number of fused-ring (bicyclic) bond motifs is 1. The molecule has 0 radical (unpaired) electrons. The standard InChI is InChI=1S/C18H18N4O2/c1-22-12-20-16-14(22)9-15(24-13-5-3-2-4-6-13)21-17(16)19-10-18(11-23)7-8-18/h2-6,9,11-12H,7-8,10H2,1H3,(H,19,21). The fraction of sp³-hybridized carbons (Fsp3) is 0.278. The lowest BCUT2D eigenvalue weighted by molar-refractivity contribution is -0.111. The van der Waals surface area contributed by atoms with E-state index in [4.69, 9.17) is 4.74 Å². The summed E-state index contributed by atoms with van der Waals surface area (Å²) < 4.78 is 7.79. The van der Waals surface area contributed by atoms with E-state index < -0.39 is 0 Å². The highest BCUT2D eigenvalue weighted by atomic mass is 16.5. The van der Waals surface area contributed by atoms with Gasteiger partial charge in [0.2, 0.25) is 5.88 Å². The Labute approximate surface area is 139 Å². The van der Waals surface area contributed by atoms with Crippen LogP contribution in [0, 0.1) is 5.41 Å². The number of aryl methyl sites for hydroxylation is 1. The zero-order valence-electron chi connectivity index (χ0n) is 13.4. The van der Waals surface area contributed by atoms with Crippen molar-refractivity contribution >= 4 is 23.1 Å². The number of pyridine rings is 1. The molecule has 24 heavy (non-hydrogen) atoms. The van der Waals surface area contributed by atoms with E-state index in [2.05, 4.69) is 15.3 Å². The lowest BCUT2D eigenvalue weighted by Crippen LogP contribution is -2.17. The summed E-state index contributed by atoms with van der Waals surface area (Å²) in [5.41, 5.74) is 1.47. The summed E-state index contributed by atoms with van der Waals surface area (Å²) in [5, 5.41) is 3.28. The van der Waals surface area contributed by atoms with Crippen molar-refractivity contribution in [2.75, 3.05) is 11.9 Å². The first kappa shape index (κ1) is 14.7. The van der Waals surface area contributed by atoms with Crippen LogP contribution in [0.2, 0.25) is 0 Å². The van der Waals surface area contributed by atoms with Gasteiger partial charge >= 0.3 is 0 Å². The van der Waals surface area contributed by atoms with Crippen LogP contribution < -0.4 is 10.1 Å². The van der Waals surface area contributed by atoms with Gasteiger partial charge in [-0.1, -0.05) is 18.2 Å². The summed E-state index contributed by atoms with van der Waals surface area (Å²) in [4.78, 5) is 20.1. The van der Waals surface area contributed by atoms with Gasteiger partial charge in [-0.15, -0.1) is 0 Å². The Bertz CT molecular complexity index is 885. The predicted molar refractivity (Wildman–Crippen MR) is 91.2 cm³/mol. The van der Waals surface area contributed by atoms with Crippen LogP contribution in [0.4, 0.5) is 5.82 Å². The molecule has 1 fully saturated rings. The van der Waals surface area contributed by atoms with Gasteiger partial charge < -0.3 is 19.4 Å². The van der Waals surface area contributed by atoms with E-state index >= 15 is 0 Å². The molecule has 0 saturated heterocycles. The minimum atomic E-state index is -0.237. The topological polar surface area (TPSA) is 69.0 Å². The maximum Gasteiger partial charge on any atom is 0.223 e. The van der Waals surface area contributed by atoms with Gasteiger partial charge in [0.15, 0.2) is 5.82 Å². The minimum Gasteiger partial charge on any atom is -0.439 e. The normalized spacial score (nSPS) is 15.2. The average Bonchev–Trinajstić information content (AvgIpc) is 3.31. The number of ether oxygens (including phenoxy) is 1. The molecule has 1 saturated carbocycles. The van der Waals surface area contributed by atoms with Crippen LogP contribution in [0.15, 0.2) is 42.7 Å². The lowest BCUT2D eigenvalue weighted by Gasteiger charge is -2.12. The number of nitrogens with zero attached hydrogens (tertiary/aromatic N) is 3. The second-order valence-corrected chi connectivity index (χ2v) is 6.28. The van der Waals surface area contributed by atoms with Crippen molar-refractivity contribution in [3.63, 3.8) is 0 Å². The summed E-state index contributed by atoms with van der Waals surface area (Å²) in [6, 6.07) is 11.4. The molecule has 3 aromatic rings. The number of aldehydes is 1. The molecule has 6 heteroatoms. The number of aromatic nitrogens is 3. The fourth-order valence-electron chi connectivity index (χ4n) is 2.65. The number of benzene rings is 1. The highest BCUT2D eigenvalue weighted by Gasteiger charge is 2.42. The molecule has 1 aromatic carbocycles. The maximum atomic E-state index is 11.2. The van der Waals surface area contributed by atoms with Gasteiger partial charge in [-0.3, -0.25) is 0 Å². The fourth-order valence-corrected chi connectivity index (χ4v) is 2.65. The van der Waals surface area contributed by atoms with Crippen LogP contribution in [0.3, 0.4) is 0 Å². The summed E-state index contributed by atoms with van der Waals surface area (Å²) in [7, 11) is 1.93. The number of para-hydroxylation sites is 1. The van der Waals surface area contributed by atoms with E-state index in [9.17, 15) is 4.79 Å². The summed E-state index contributed by atoms with van der Waals surface area (Å²) >= 11 is 0. The largest absolute Gasteiger partial charge is 0.439 e. The van der Waals surface area contributed by atoms with Crippen LogP contribution in [-0.4, -0.2) is 27.4 Å². The summed E-state index contributed by atoms with van der Waals surface area (Å²) in [6.45, 7) is 0.573. The molecule has 2 heterocycles. The Balaban J connectivity index is 1.67. The molecule has 6 nitrogen and oxygen atoms in total. The molecule has 0 amide bonds. The van der Waals surface area contributed by atoms with Gasteiger partial charge in [-0.25, -0.2) is 4.98 Å². The van der Waals surface area contributed by atoms with Crippen LogP contribution in [-0.2, 0) is 11.8 Å². The number of nitrogens with one attached hydrogen (secondary N) is 1. The van der Waals surface area contributed by atoms with Gasteiger partial charge in [0.05, 0.1) is 11.8 Å². The Morgan fingerprint density at radius 2 is 2.12 bits per heavy atom. The zero-order chi connectivity index (χ0) is 16.6. The molecule has 0 unspecified atom stereocenters. The van der Waals surface area contributed by atoms with Crippen molar-refractivity contribution in [1.82, 2.24) is 14.5 Å². The third-order valence-corrected chi connectivity index (χ3v) is 4.40. The SMILES string of the molecule is Cn1cnc2c(NCC3(C=O)CC3)nc(Oc3ccccc3)cc21. The van der Waals surface area contributed by atoms with Crippen LogP contribution in [0.1, 0.15) is 12.8 Å². The average molecular weight is 322 g/mol. The predicted octanol–water partition coefficient (Wildman–Crippen LogP) is 3.15. The molecule has 122 valence electrons. The molecular formula is C18H18N4O2. The number of hydrogen-bond donors (Lipinski definition) is 1. The van der Waals surface area contributed by atoms with Crippen molar-refractivity contribution in [1.29, 1.82) is 0 Å². The van der Waals surface area contributed by atoms with Crippen LogP contribution in [0.5, 0.6) is 11.6 Å². The number of rotatable bonds is 6. The second kappa shape index (κ2) is 5.63. The monoisotopic (exact) mass is 322 g/mol. The molecule has 0 bridgehead atoms. The van der Waals surface area contributed by atoms with E-state index in [1.54, 1.807) is 6.33 Å². The molecular weight excluding hydrogens is 304 g/mol. The molecule has 1 N–H and O–H groups in total. The number of hydrogen-bond acceptors (Lipinski definition) is 5. The first-order valence-corrected chi connectivity index (χ1v) is 7.94. The number of anilines is 1. The molecule has 1 aliphatic rings. The number of carbonyl (C=O) groups excluding carboxylic acids is 1. The van der Waals surface area contributed by atoms with Crippen molar-refractivity contribution in [2.45, 2.75) is 12.8 Å². The van der Waals surface area contributed by atoms with E-state index in [-0.39, 0.29) is 5.41 Å². The van der Waals surface area contributed by atoms with Crippen molar-refractivity contribution < 1.29 is 9.53 Å². The molecule has 2 aromatic heterocycles. The van der Waals surface area contributed by atoms with Gasteiger partial charge in [-0.05, 0) is 25.0 Å². The van der Waals surface area contributed by atoms with Crippen LogP contribution in [0.25, 0.3) is 11.0 Å². The molecule has 0 aliphatic heterocycles. The summed E-state index contributed by atoms with van der Waals surface area (Å²) in [6.07, 6.45) is 4.64. The zero-order valence-corrected chi connectivity index (χ0v) is 13.4. The third kappa shape index (κ3) is 2.71. The molecule has 0 atom stereocenters. The van der Waals surface area contributed by atoms with Crippen molar-refractivity contribution in [3.05, 3.63) is 42.7 Å². The van der Waals surface area contributed by atoms with Crippen molar-refractivity contribution in [3.8, 4) is 11.6 Å². The summed E-state index contributed by atoms with van der Waals surface area (Å²) in [5.74, 6) is 1.87. The first-order chi connectivity index (χ1) is 11.7.